The number of nitrogens with zero attached hydrogens (tertiary/aromatic N) is 4. The van der Waals surface area contributed by atoms with E-state index in [9.17, 15) is 18.0 Å². The molecule has 29 heavy (non-hydrogen) atoms. The topological polar surface area (TPSA) is 102 Å². The highest BCUT2D eigenvalue weighted by Crippen LogP contribution is 2.24. The number of thiazole rings is 1. The van der Waals surface area contributed by atoms with Crippen LogP contribution in [-0.4, -0.2) is 67.8 Å². The SMILES string of the molecule is O=C(O)C(F)(F)F.O=C(c1n[nH]c2c1CCN(Cc1nccs1)C2)N1CCCC1. The quantitative estimate of drug-likeness (QED) is 0.773. The number of amides is 1. The number of aliphatic carboxylic acids is 1. The number of aromatic amines is 1. The van der Waals surface area contributed by atoms with Crippen LogP contribution in [0.25, 0.3) is 0 Å². The number of hydrogen-bond donors (Lipinski definition) is 2. The molecule has 0 aliphatic carbocycles. The second-order valence-electron chi connectivity index (χ2n) is 6.72. The molecule has 0 radical (unpaired) electrons. The highest BCUT2D eigenvalue weighted by molar-refractivity contribution is 7.09. The molecule has 4 rings (SSSR count). The Balaban J connectivity index is 0.000000298. The van der Waals surface area contributed by atoms with Gasteiger partial charge in [-0.3, -0.25) is 14.8 Å². The minimum atomic E-state index is -5.08. The molecule has 2 aromatic heterocycles. The molecule has 0 bridgehead atoms. The van der Waals surface area contributed by atoms with E-state index < -0.39 is 12.1 Å². The van der Waals surface area contributed by atoms with Gasteiger partial charge in [0.05, 0.1) is 12.2 Å². The second-order valence-corrected chi connectivity index (χ2v) is 7.70. The van der Waals surface area contributed by atoms with Gasteiger partial charge in [0.25, 0.3) is 5.91 Å². The third-order valence-electron chi connectivity index (χ3n) is 4.69. The molecule has 1 fully saturated rings. The predicted molar refractivity (Wildman–Crippen MR) is 97.3 cm³/mol. The van der Waals surface area contributed by atoms with Gasteiger partial charge in [0.1, 0.15) is 5.01 Å². The third-order valence-corrected chi connectivity index (χ3v) is 5.46. The van der Waals surface area contributed by atoms with E-state index in [2.05, 4.69) is 20.1 Å². The lowest BCUT2D eigenvalue weighted by molar-refractivity contribution is -0.192. The smallest absolute Gasteiger partial charge is 0.475 e. The number of carbonyl (C=O) groups is 2. The number of rotatable bonds is 3. The van der Waals surface area contributed by atoms with Crippen LogP contribution in [0.2, 0.25) is 0 Å². The fraction of sp³-hybridized carbons (Fsp3) is 0.529. The fourth-order valence-corrected chi connectivity index (χ4v) is 3.94. The summed E-state index contributed by atoms with van der Waals surface area (Å²) in [5.41, 5.74) is 2.85. The van der Waals surface area contributed by atoms with E-state index in [1.807, 2.05) is 16.5 Å². The molecule has 0 atom stereocenters. The van der Waals surface area contributed by atoms with E-state index >= 15 is 0 Å². The zero-order chi connectivity index (χ0) is 21.0. The minimum Gasteiger partial charge on any atom is -0.475 e. The van der Waals surface area contributed by atoms with Crippen molar-refractivity contribution < 1.29 is 27.9 Å². The molecule has 2 aromatic rings. The lowest BCUT2D eigenvalue weighted by Gasteiger charge is -2.26. The number of hydrogen-bond acceptors (Lipinski definition) is 6. The number of likely N-dealkylation sites (tertiary alicyclic amines) is 1. The van der Waals surface area contributed by atoms with Crippen molar-refractivity contribution in [3.05, 3.63) is 33.5 Å². The van der Waals surface area contributed by atoms with Gasteiger partial charge in [0.2, 0.25) is 0 Å². The first-order valence-electron chi connectivity index (χ1n) is 9.02. The van der Waals surface area contributed by atoms with Crippen LogP contribution >= 0.6 is 11.3 Å². The second kappa shape index (κ2) is 8.91. The molecule has 2 aliphatic heterocycles. The molecule has 0 saturated carbocycles. The van der Waals surface area contributed by atoms with Crippen molar-refractivity contribution in [3.63, 3.8) is 0 Å². The summed E-state index contributed by atoms with van der Waals surface area (Å²) in [5.74, 6) is -2.66. The van der Waals surface area contributed by atoms with Crippen LogP contribution in [0.4, 0.5) is 13.2 Å². The number of carbonyl (C=O) groups excluding carboxylic acids is 1. The summed E-state index contributed by atoms with van der Waals surface area (Å²) >= 11 is 1.69. The largest absolute Gasteiger partial charge is 0.490 e. The molecular formula is C17H20F3N5O3S. The van der Waals surface area contributed by atoms with Crippen molar-refractivity contribution in [2.75, 3.05) is 19.6 Å². The molecule has 158 valence electrons. The van der Waals surface area contributed by atoms with Crippen molar-refractivity contribution >= 4 is 23.2 Å². The Hall–Kier alpha value is -2.47. The zero-order valence-corrected chi connectivity index (χ0v) is 16.2. The number of carboxylic acid groups (broad SMARTS) is 1. The van der Waals surface area contributed by atoms with Crippen molar-refractivity contribution in [2.24, 2.45) is 0 Å². The normalized spacial score (nSPS) is 16.9. The molecule has 0 unspecified atom stereocenters. The van der Waals surface area contributed by atoms with Crippen LogP contribution in [0.5, 0.6) is 0 Å². The first-order valence-corrected chi connectivity index (χ1v) is 9.90. The van der Waals surface area contributed by atoms with Crippen LogP contribution < -0.4 is 0 Å². The van der Waals surface area contributed by atoms with Crippen LogP contribution in [0, 0.1) is 0 Å². The Morgan fingerprint density at radius 2 is 1.93 bits per heavy atom. The summed E-state index contributed by atoms with van der Waals surface area (Å²) in [4.78, 5) is 30.1. The lowest BCUT2D eigenvalue weighted by atomic mass is 10.0. The van der Waals surface area contributed by atoms with E-state index in [-0.39, 0.29) is 5.91 Å². The maximum atomic E-state index is 12.5. The Bertz CT molecular complexity index is 847. The van der Waals surface area contributed by atoms with Gasteiger partial charge in [-0.2, -0.15) is 18.3 Å². The molecule has 0 aromatic carbocycles. The fourth-order valence-electron chi connectivity index (χ4n) is 3.28. The number of H-pyrrole nitrogens is 1. The number of halogens is 3. The standard InChI is InChI=1S/C15H19N5OS.C2HF3O2/c21-15(20-5-1-2-6-20)14-11-3-7-19(9-12(11)17-18-14)10-13-16-4-8-22-13;3-2(4,5)1(6)7/h4,8H,1-3,5-7,9-10H2,(H,17,18);(H,6,7). The van der Waals surface area contributed by atoms with Crippen molar-refractivity contribution in [2.45, 2.75) is 38.5 Å². The first kappa shape index (κ1) is 21.2. The molecule has 0 spiro atoms. The van der Waals surface area contributed by atoms with Gasteiger partial charge < -0.3 is 10.0 Å². The molecular weight excluding hydrogens is 411 g/mol. The minimum absolute atomic E-state index is 0.100. The average molecular weight is 431 g/mol. The van der Waals surface area contributed by atoms with Crippen molar-refractivity contribution in [1.29, 1.82) is 0 Å². The van der Waals surface area contributed by atoms with Crippen LogP contribution in [0.3, 0.4) is 0 Å². The van der Waals surface area contributed by atoms with Gasteiger partial charge in [-0.25, -0.2) is 9.78 Å². The maximum Gasteiger partial charge on any atom is 0.490 e. The van der Waals surface area contributed by atoms with E-state index in [1.54, 1.807) is 11.3 Å². The number of nitrogens with one attached hydrogen (secondary N) is 1. The predicted octanol–water partition coefficient (Wildman–Crippen LogP) is 2.29. The summed E-state index contributed by atoms with van der Waals surface area (Å²) < 4.78 is 31.7. The Kier molecular flexibility index (Phi) is 6.52. The summed E-state index contributed by atoms with van der Waals surface area (Å²) in [7, 11) is 0. The van der Waals surface area contributed by atoms with Crippen LogP contribution in [0.1, 0.15) is 39.6 Å². The number of fused-ring (bicyclic) bond motifs is 1. The van der Waals surface area contributed by atoms with E-state index in [0.29, 0.717) is 5.69 Å². The molecule has 1 amide bonds. The van der Waals surface area contributed by atoms with Crippen LogP contribution in [0.15, 0.2) is 11.6 Å². The monoisotopic (exact) mass is 431 g/mol. The summed E-state index contributed by atoms with van der Waals surface area (Å²) in [6.45, 7) is 4.38. The Labute approximate surface area is 168 Å². The molecule has 4 heterocycles. The van der Waals surface area contributed by atoms with Crippen molar-refractivity contribution in [3.8, 4) is 0 Å². The van der Waals surface area contributed by atoms with E-state index in [0.717, 1.165) is 68.3 Å². The lowest BCUT2D eigenvalue weighted by Crippen LogP contribution is -2.32. The third kappa shape index (κ3) is 5.32. The van der Waals surface area contributed by atoms with E-state index in [4.69, 9.17) is 9.90 Å². The van der Waals surface area contributed by atoms with Crippen LogP contribution in [-0.2, 0) is 24.3 Å². The van der Waals surface area contributed by atoms with Gasteiger partial charge in [0, 0.05) is 43.3 Å². The first-order chi connectivity index (χ1) is 13.8. The molecule has 8 nitrogen and oxygen atoms in total. The Morgan fingerprint density at radius 3 is 2.52 bits per heavy atom. The van der Waals surface area contributed by atoms with Gasteiger partial charge >= 0.3 is 12.1 Å². The summed E-state index contributed by atoms with van der Waals surface area (Å²) in [6, 6.07) is 0. The van der Waals surface area contributed by atoms with E-state index in [1.165, 1.54) is 0 Å². The van der Waals surface area contributed by atoms with Gasteiger partial charge in [0.15, 0.2) is 5.69 Å². The molecule has 1 saturated heterocycles. The Morgan fingerprint density at radius 1 is 1.24 bits per heavy atom. The van der Waals surface area contributed by atoms with Gasteiger partial charge in [-0.1, -0.05) is 0 Å². The highest BCUT2D eigenvalue weighted by Gasteiger charge is 2.38. The highest BCUT2D eigenvalue weighted by atomic mass is 32.1. The van der Waals surface area contributed by atoms with Crippen molar-refractivity contribution in [1.82, 2.24) is 25.0 Å². The molecule has 2 N–H and O–H groups in total. The average Bonchev–Trinajstić information content (AvgIpc) is 3.42. The van der Waals surface area contributed by atoms with Gasteiger partial charge in [-0.05, 0) is 19.3 Å². The molecule has 12 heteroatoms. The number of carboxylic acids is 1. The molecule has 2 aliphatic rings. The number of alkyl halides is 3. The maximum absolute atomic E-state index is 12.5. The number of aromatic nitrogens is 3. The van der Waals surface area contributed by atoms with Gasteiger partial charge in [-0.15, -0.1) is 11.3 Å². The summed E-state index contributed by atoms with van der Waals surface area (Å²) in [5, 5.41) is 17.7. The zero-order valence-electron chi connectivity index (χ0n) is 15.4. The summed E-state index contributed by atoms with van der Waals surface area (Å²) in [6.07, 6.45) is -0.135.